The number of piperazine rings is 1. The number of para-hydroxylation sites is 1. The van der Waals surface area contributed by atoms with Crippen LogP contribution in [0, 0.1) is 0 Å². The van der Waals surface area contributed by atoms with Crippen LogP contribution in [0.2, 0.25) is 0 Å². The highest BCUT2D eigenvalue weighted by Crippen LogP contribution is 2.25. The van der Waals surface area contributed by atoms with Crippen LogP contribution in [0.15, 0.2) is 64.9 Å². The number of nitrogens with one attached hydrogen (secondary N) is 1. The molecule has 0 saturated carbocycles. The Balaban J connectivity index is 1.42. The fraction of sp³-hybridized carbons (Fsp3) is 0.182. The smallest absolute Gasteiger partial charge is 0.269 e. The van der Waals surface area contributed by atoms with Gasteiger partial charge in [0.05, 0.1) is 5.56 Å². The summed E-state index contributed by atoms with van der Waals surface area (Å²) in [4.78, 5) is 41.5. The molecule has 1 N–H and O–H groups in total. The third-order valence-electron chi connectivity index (χ3n) is 5.25. The normalized spacial score (nSPS) is 14.3. The van der Waals surface area contributed by atoms with Crippen molar-refractivity contribution in [1.82, 2.24) is 19.9 Å². The Hall–Kier alpha value is -3.52. The molecular formula is C22H19N5O2S. The second-order valence-electron chi connectivity index (χ2n) is 7.07. The molecule has 5 rings (SSSR count). The van der Waals surface area contributed by atoms with Crippen LogP contribution in [0.5, 0.6) is 0 Å². The van der Waals surface area contributed by atoms with Gasteiger partial charge >= 0.3 is 0 Å². The predicted molar refractivity (Wildman–Crippen MR) is 118 cm³/mol. The zero-order valence-corrected chi connectivity index (χ0v) is 16.9. The van der Waals surface area contributed by atoms with E-state index in [-0.39, 0.29) is 11.5 Å². The predicted octanol–water partition coefficient (Wildman–Crippen LogP) is 3.01. The van der Waals surface area contributed by atoms with Gasteiger partial charge in [-0.1, -0.05) is 24.3 Å². The molecule has 0 atom stereocenters. The van der Waals surface area contributed by atoms with Crippen LogP contribution >= 0.6 is 11.3 Å². The molecule has 7 nitrogen and oxygen atoms in total. The summed E-state index contributed by atoms with van der Waals surface area (Å²) in [6.07, 6.45) is 1.64. The van der Waals surface area contributed by atoms with Gasteiger partial charge in [0.1, 0.15) is 15.9 Å². The molecule has 1 aliphatic heterocycles. The number of H-pyrrole nitrogens is 1. The average Bonchev–Trinajstić information content (AvgIpc) is 3.24. The maximum atomic E-state index is 13.2. The van der Waals surface area contributed by atoms with Crippen molar-refractivity contribution in [2.45, 2.75) is 0 Å². The summed E-state index contributed by atoms with van der Waals surface area (Å²) in [7, 11) is 0. The molecule has 0 unspecified atom stereocenters. The molecule has 4 heterocycles. The van der Waals surface area contributed by atoms with Crippen molar-refractivity contribution in [3.63, 3.8) is 0 Å². The highest BCUT2D eigenvalue weighted by Gasteiger charge is 2.25. The number of nitrogens with zero attached hydrogens (tertiary/aromatic N) is 4. The molecule has 0 spiro atoms. The van der Waals surface area contributed by atoms with Crippen LogP contribution in [-0.4, -0.2) is 51.9 Å². The fourth-order valence-electron chi connectivity index (χ4n) is 3.68. The molecule has 1 fully saturated rings. The molecule has 3 aromatic heterocycles. The number of hydrogen-bond donors (Lipinski definition) is 1. The van der Waals surface area contributed by atoms with E-state index < -0.39 is 0 Å². The standard InChI is InChI=1S/C22H19N5O2S/c28-21-19-18(24-20(25-21)17-8-4-5-9-23-17)16(14-30-19)22(29)27-12-10-26(11-13-27)15-6-2-1-3-7-15/h1-9,14H,10-13H2,(H,24,25,28). The molecule has 0 radical (unpaired) electrons. The summed E-state index contributed by atoms with van der Waals surface area (Å²) in [6.45, 7) is 2.79. The van der Waals surface area contributed by atoms with Gasteiger partial charge in [-0.25, -0.2) is 4.98 Å². The van der Waals surface area contributed by atoms with Crippen molar-refractivity contribution in [1.29, 1.82) is 0 Å². The third-order valence-corrected chi connectivity index (χ3v) is 6.22. The lowest BCUT2D eigenvalue weighted by Crippen LogP contribution is -2.48. The first-order valence-corrected chi connectivity index (χ1v) is 10.6. The summed E-state index contributed by atoms with van der Waals surface area (Å²) in [5, 5.41) is 1.74. The van der Waals surface area contributed by atoms with E-state index in [4.69, 9.17) is 0 Å². The molecule has 1 aliphatic rings. The number of pyridine rings is 1. The van der Waals surface area contributed by atoms with Crippen LogP contribution < -0.4 is 10.5 Å². The number of carbonyl (C=O) groups is 1. The summed E-state index contributed by atoms with van der Waals surface area (Å²) >= 11 is 1.25. The van der Waals surface area contributed by atoms with E-state index in [0.29, 0.717) is 40.4 Å². The summed E-state index contributed by atoms with van der Waals surface area (Å²) < 4.78 is 0.459. The molecular weight excluding hydrogens is 398 g/mol. The first-order chi connectivity index (χ1) is 14.7. The summed E-state index contributed by atoms with van der Waals surface area (Å²) in [5.74, 6) is 0.286. The van der Waals surface area contributed by atoms with E-state index in [2.05, 4.69) is 32.0 Å². The van der Waals surface area contributed by atoms with Gasteiger partial charge in [-0.15, -0.1) is 11.3 Å². The van der Waals surface area contributed by atoms with E-state index in [0.717, 1.165) is 13.1 Å². The highest BCUT2D eigenvalue weighted by atomic mass is 32.1. The second-order valence-corrected chi connectivity index (χ2v) is 7.95. The Morgan fingerprint density at radius 2 is 1.77 bits per heavy atom. The van der Waals surface area contributed by atoms with Crippen molar-refractivity contribution < 1.29 is 4.79 Å². The molecule has 0 aliphatic carbocycles. The molecule has 1 amide bonds. The number of amides is 1. The lowest BCUT2D eigenvalue weighted by molar-refractivity contribution is 0.0749. The summed E-state index contributed by atoms with van der Waals surface area (Å²) in [5.41, 5.74) is 2.40. The second kappa shape index (κ2) is 7.72. The number of carbonyl (C=O) groups excluding carboxylic acids is 1. The SMILES string of the molecule is O=C(c1csc2c(=O)[nH]c(-c3ccccn3)nc12)N1CCN(c2ccccc2)CC1. The Bertz CT molecular complexity index is 1250. The van der Waals surface area contributed by atoms with E-state index >= 15 is 0 Å². The Labute approximate surface area is 176 Å². The lowest BCUT2D eigenvalue weighted by Gasteiger charge is -2.36. The quantitative estimate of drug-likeness (QED) is 0.554. The zero-order chi connectivity index (χ0) is 20.5. The average molecular weight is 417 g/mol. The van der Waals surface area contributed by atoms with Crippen molar-refractivity contribution in [2.75, 3.05) is 31.1 Å². The van der Waals surface area contributed by atoms with Gasteiger partial charge in [0.15, 0.2) is 5.82 Å². The minimum Gasteiger partial charge on any atom is -0.368 e. The van der Waals surface area contributed by atoms with Gasteiger partial charge in [-0.05, 0) is 24.3 Å². The van der Waals surface area contributed by atoms with Crippen LogP contribution in [0.1, 0.15) is 10.4 Å². The third kappa shape index (κ3) is 3.35. The number of aromatic nitrogens is 3. The van der Waals surface area contributed by atoms with Crippen molar-refractivity contribution in [2.24, 2.45) is 0 Å². The molecule has 8 heteroatoms. The topological polar surface area (TPSA) is 82.2 Å². The minimum atomic E-state index is -0.251. The van der Waals surface area contributed by atoms with Crippen LogP contribution in [0.25, 0.3) is 21.7 Å². The fourth-order valence-corrected chi connectivity index (χ4v) is 4.55. The number of fused-ring (bicyclic) bond motifs is 1. The number of anilines is 1. The maximum absolute atomic E-state index is 13.2. The monoisotopic (exact) mass is 417 g/mol. The number of aromatic amines is 1. The number of rotatable bonds is 3. The van der Waals surface area contributed by atoms with Crippen LogP contribution in [0.4, 0.5) is 5.69 Å². The van der Waals surface area contributed by atoms with Crippen LogP contribution in [0.3, 0.4) is 0 Å². The minimum absolute atomic E-state index is 0.0842. The van der Waals surface area contributed by atoms with Crippen molar-refractivity contribution in [3.8, 4) is 11.5 Å². The molecule has 0 bridgehead atoms. The van der Waals surface area contributed by atoms with E-state index in [1.165, 1.54) is 17.0 Å². The Morgan fingerprint density at radius 3 is 2.50 bits per heavy atom. The van der Waals surface area contributed by atoms with Crippen molar-refractivity contribution >= 4 is 33.1 Å². The summed E-state index contributed by atoms with van der Waals surface area (Å²) in [6, 6.07) is 15.6. The van der Waals surface area contributed by atoms with E-state index in [9.17, 15) is 9.59 Å². The first kappa shape index (κ1) is 18.5. The van der Waals surface area contributed by atoms with Crippen molar-refractivity contribution in [3.05, 3.63) is 76.0 Å². The number of benzene rings is 1. The van der Waals surface area contributed by atoms with Gasteiger partial charge in [0, 0.05) is 43.4 Å². The first-order valence-electron chi connectivity index (χ1n) is 9.73. The maximum Gasteiger partial charge on any atom is 0.269 e. The largest absolute Gasteiger partial charge is 0.368 e. The zero-order valence-electron chi connectivity index (χ0n) is 16.1. The molecule has 1 saturated heterocycles. The van der Waals surface area contributed by atoms with Gasteiger partial charge in [0.25, 0.3) is 11.5 Å². The molecule has 1 aromatic carbocycles. The number of thiophene rings is 1. The van der Waals surface area contributed by atoms with Gasteiger partial charge in [-0.2, -0.15) is 0 Å². The Morgan fingerprint density at radius 1 is 1.00 bits per heavy atom. The highest BCUT2D eigenvalue weighted by molar-refractivity contribution is 7.17. The molecule has 4 aromatic rings. The lowest BCUT2D eigenvalue weighted by atomic mass is 10.2. The molecule has 150 valence electrons. The van der Waals surface area contributed by atoms with Crippen LogP contribution in [-0.2, 0) is 0 Å². The molecule has 30 heavy (non-hydrogen) atoms. The number of hydrogen-bond acceptors (Lipinski definition) is 6. The Kier molecular flexibility index (Phi) is 4.76. The van der Waals surface area contributed by atoms with E-state index in [1.807, 2.05) is 29.2 Å². The van der Waals surface area contributed by atoms with E-state index in [1.54, 1.807) is 23.7 Å². The van der Waals surface area contributed by atoms with Gasteiger partial charge in [-0.3, -0.25) is 14.6 Å². The van der Waals surface area contributed by atoms with Gasteiger partial charge < -0.3 is 14.8 Å². The van der Waals surface area contributed by atoms with Gasteiger partial charge in [0.2, 0.25) is 0 Å².